The summed E-state index contributed by atoms with van der Waals surface area (Å²) in [6.07, 6.45) is 0. The number of carboxylic acid groups (broad SMARTS) is 2. The van der Waals surface area contributed by atoms with Crippen molar-refractivity contribution in [3.63, 3.8) is 0 Å². The van der Waals surface area contributed by atoms with Gasteiger partial charge in [-0.15, -0.1) is 0 Å². The van der Waals surface area contributed by atoms with Gasteiger partial charge in [-0.1, -0.05) is 20.8 Å². The highest BCUT2D eigenvalue weighted by molar-refractivity contribution is 5.74. The number of carboxylic acids is 2. The molecular weight excluding hydrogens is 198 g/mol. The number of hydrogen-bond acceptors (Lipinski definition) is 3. The second kappa shape index (κ2) is 5.70. The molecule has 0 heterocycles. The fourth-order valence-electron chi connectivity index (χ4n) is 1.61. The quantitative estimate of drug-likeness (QED) is 0.686. The summed E-state index contributed by atoms with van der Waals surface area (Å²) in [5.74, 6) is -2.43. The van der Waals surface area contributed by atoms with Crippen molar-refractivity contribution in [1.29, 1.82) is 0 Å². The van der Waals surface area contributed by atoms with Gasteiger partial charge in [0.2, 0.25) is 0 Å². The van der Waals surface area contributed by atoms with Gasteiger partial charge in [-0.05, 0) is 13.0 Å². The Bertz CT molecular complexity index is 240. The zero-order chi connectivity index (χ0) is 12.2. The Morgan fingerprint density at radius 2 is 1.60 bits per heavy atom. The summed E-state index contributed by atoms with van der Waals surface area (Å²) in [5, 5.41) is 17.7. The lowest BCUT2D eigenvalue weighted by atomic mass is 10.0. The smallest absolute Gasteiger partial charge is 0.321 e. The van der Waals surface area contributed by atoms with E-state index in [-0.39, 0.29) is 12.5 Å². The van der Waals surface area contributed by atoms with Crippen LogP contribution in [0.15, 0.2) is 0 Å². The summed E-state index contributed by atoms with van der Waals surface area (Å²) in [4.78, 5) is 23.1. The zero-order valence-corrected chi connectivity index (χ0v) is 9.60. The lowest BCUT2D eigenvalue weighted by Crippen LogP contribution is -2.45. The average Bonchev–Trinajstić information content (AvgIpc) is 2.01. The Kier molecular flexibility index (Phi) is 5.28. The number of likely N-dealkylation sites (N-methyl/N-ethyl adjacent to an activating group) is 1. The molecule has 0 saturated heterocycles. The van der Waals surface area contributed by atoms with Crippen molar-refractivity contribution >= 4 is 11.9 Å². The molecule has 0 aromatic rings. The van der Waals surface area contributed by atoms with Gasteiger partial charge in [0, 0.05) is 6.54 Å². The average molecular weight is 217 g/mol. The number of aliphatic carboxylic acids is 2. The van der Waals surface area contributed by atoms with Crippen LogP contribution >= 0.6 is 0 Å². The van der Waals surface area contributed by atoms with E-state index in [1.165, 1.54) is 0 Å². The Labute approximate surface area is 89.7 Å². The molecule has 0 spiro atoms. The molecule has 0 amide bonds. The van der Waals surface area contributed by atoms with Crippen molar-refractivity contribution in [3.05, 3.63) is 0 Å². The molecule has 15 heavy (non-hydrogen) atoms. The Morgan fingerprint density at radius 3 is 1.87 bits per heavy atom. The van der Waals surface area contributed by atoms with Crippen molar-refractivity contribution in [1.82, 2.24) is 4.90 Å². The molecule has 0 radical (unpaired) electrons. The van der Waals surface area contributed by atoms with E-state index < -0.39 is 23.9 Å². The SMILES string of the molecule is CC(CN(C)C(C(=O)O)C(C)C)C(=O)O. The standard InChI is InChI=1S/C10H19NO4/c1-6(2)8(10(14)15)11(4)5-7(3)9(12)13/h6-8H,5H2,1-4H3,(H,12,13)(H,14,15). The minimum absolute atomic E-state index is 0.0477. The lowest BCUT2D eigenvalue weighted by molar-refractivity contribution is -0.147. The van der Waals surface area contributed by atoms with Crippen LogP contribution in [0.3, 0.4) is 0 Å². The van der Waals surface area contributed by atoms with Crippen LogP contribution in [-0.4, -0.2) is 46.7 Å². The van der Waals surface area contributed by atoms with Crippen LogP contribution < -0.4 is 0 Å². The van der Waals surface area contributed by atoms with Crippen LogP contribution in [0.1, 0.15) is 20.8 Å². The molecule has 0 bridgehead atoms. The summed E-state index contributed by atoms with van der Waals surface area (Å²) in [6.45, 7) is 5.42. The van der Waals surface area contributed by atoms with Gasteiger partial charge in [-0.25, -0.2) is 0 Å². The van der Waals surface area contributed by atoms with E-state index in [4.69, 9.17) is 10.2 Å². The third-order valence-electron chi connectivity index (χ3n) is 2.34. The molecule has 5 heteroatoms. The molecule has 0 aliphatic rings. The summed E-state index contributed by atoms with van der Waals surface area (Å²) in [6, 6.07) is -0.633. The van der Waals surface area contributed by atoms with Gasteiger partial charge in [-0.3, -0.25) is 14.5 Å². The fourth-order valence-corrected chi connectivity index (χ4v) is 1.61. The maximum atomic E-state index is 10.9. The van der Waals surface area contributed by atoms with Crippen molar-refractivity contribution in [3.8, 4) is 0 Å². The van der Waals surface area contributed by atoms with E-state index in [1.54, 1.807) is 32.7 Å². The number of nitrogens with zero attached hydrogens (tertiary/aromatic N) is 1. The normalized spacial score (nSPS) is 15.3. The monoisotopic (exact) mass is 217 g/mol. The second-order valence-corrected chi connectivity index (χ2v) is 4.21. The maximum absolute atomic E-state index is 10.9. The molecule has 5 nitrogen and oxygen atoms in total. The number of hydrogen-bond donors (Lipinski definition) is 2. The van der Waals surface area contributed by atoms with Crippen LogP contribution in [0.4, 0.5) is 0 Å². The van der Waals surface area contributed by atoms with Gasteiger partial charge < -0.3 is 10.2 Å². The van der Waals surface area contributed by atoms with Crippen molar-refractivity contribution in [2.45, 2.75) is 26.8 Å². The third-order valence-corrected chi connectivity index (χ3v) is 2.34. The zero-order valence-electron chi connectivity index (χ0n) is 9.60. The van der Waals surface area contributed by atoms with Crippen LogP contribution in [0.2, 0.25) is 0 Å². The highest BCUT2D eigenvalue weighted by Crippen LogP contribution is 2.11. The van der Waals surface area contributed by atoms with Gasteiger partial charge in [-0.2, -0.15) is 0 Å². The molecule has 0 aromatic carbocycles. The number of carbonyl (C=O) groups is 2. The van der Waals surface area contributed by atoms with E-state index in [1.807, 2.05) is 0 Å². The molecule has 2 N–H and O–H groups in total. The van der Waals surface area contributed by atoms with Gasteiger partial charge in [0.1, 0.15) is 6.04 Å². The van der Waals surface area contributed by atoms with E-state index in [0.717, 1.165) is 0 Å². The minimum atomic E-state index is -0.912. The highest BCUT2D eigenvalue weighted by atomic mass is 16.4. The Hall–Kier alpha value is -1.10. The van der Waals surface area contributed by atoms with Crippen LogP contribution in [0.25, 0.3) is 0 Å². The molecule has 0 aromatic heterocycles. The summed E-state index contributed by atoms with van der Waals surface area (Å²) >= 11 is 0. The lowest BCUT2D eigenvalue weighted by Gasteiger charge is -2.28. The molecule has 0 saturated carbocycles. The van der Waals surface area contributed by atoms with Crippen LogP contribution in [0, 0.1) is 11.8 Å². The first-order valence-electron chi connectivity index (χ1n) is 4.93. The molecule has 0 aliphatic carbocycles. The van der Waals surface area contributed by atoms with E-state index in [2.05, 4.69) is 0 Å². The summed E-state index contributed by atoms with van der Waals surface area (Å²) in [7, 11) is 1.64. The predicted molar refractivity (Wildman–Crippen MR) is 55.7 cm³/mol. The van der Waals surface area contributed by atoms with Gasteiger partial charge in [0.25, 0.3) is 0 Å². The molecular formula is C10H19NO4. The molecule has 0 aliphatic heterocycles. The predicted octanol–water partition coefficient (Wildman–Crippen LogP) is 0.748. The van der Waals surface area contributed by atoms with E-state index >= 15 is 0 Å². The van der Waals surface area contributed by atoms with E-state index in [0.29, 0.717) is 0 Å². The van der Waals surface area contributed by atoms with Gasteiger partial charge in [0.05, 0.1) is 5.92 Å². The first kappa shape index (κ1) is 13.9. The highest BCUT2D eigenvalue weighted by Gasteiger charge is 2.28. The largest absolute Gasteiger partial charge is 0.481 e. The van der Waals surface area contributed by atoms with Gasteiger partial charge >= 0.3 is 11.9 Å². The first-order chi connectivity index (χ1) is 6.77. The van der Waals surface area contributed by atoms with Crippen LogP contribution in [-0.2, 0) is 9.59 Å². The molecule has 0 rings (SSSR count). The first-order valence-corrected chi connectivity index (χ1v) is 4.93. The topological polar surface area (TPSA) is 77.8 Å². The third kappa shape index (κ3) is 4.29. The van der Waals surface area contributed by atoms with E-state index in [9.17, 15) is 9.59 Å². The molecule has 2 unspecified atom stereocenters. The number of rotatable bonds is 6. The molecule has 2 atom stereocenters. The molecule has 0 fully saturated rings. The summed E-state index contributed by atoms with van der Waals surface area (Å²) < 4.78 is 0. The van der Waals surface area contributed by atoms with Crippen molar-refractivity contribution in [2.75, 3.05) is 13.6 Å². The molecule has 88 valence electrons. The maximum Gasteiger partial charge on any atom is 0.321 e. The van der Waals surface area contributed by atoms with Crippen LogP contribution in [0.5, 0.6) is 0 Å². The van der Waals surface area contributed by atoms with Crippen molar-refractivity contribution in [2.24, 2.45) is 11.8 Å². The minimum Gasteiger partial charge on any atom is -0.481 e. The van der Waals surface area contributed by atoms with Crippen molar-refractivity contribution < 1.29 is 19.8 Å². The van der Waals surface area contributed by atoms with Gasteiger partial charge in [0.15, 0.2) is 0 Å². The Balaban J connectivity index is 4.45. The second-order valence-electron chi connectivity index (χ2n) is 4.21. The summed E-state index contributed by atoms with van der Waals surface area (Å²) in [5.41, 5.74) is 0. The Morgan fingerprint density at radius 1 is 1.13 bits per heavy atom. The fraction of sp³-hybridized carbons (Fsp3) is 0.800.